The summed E-state index contributed by atoms with van der Waals surface area (Å²) in [6.45, 7) is 6.06. The number of anilines is 1. The molecular weight excluding hydrogens is 236 g/mol. The van der Waals surface area contributed by atoms with Gasteiger partial charge in [-0.15, -0.1) is 0 Å². The molecule has 1 aromatic rings. The van der Waals surface area contributed by atoms with Gasteiger partial charge in [0.15, 0.2) is 0 Å². The van der Waals surface area contributed by atoms with Gasteiger partial charge in [0.2, 0.25) is 5.91 Å². The monoisotopic (exact) mass is 260 g/mol. The lowest BCUT2D eigenvalue weighted by molar-refractivity contribution is -0.126. The molecule has 0 bridgehead atoms. The van der Waals surface area contributed by atoms with Crippen molar-refractivity contribution in [2.75, 3.05) is 18.4 Å². The normalized spacial score (nSPS) is 23.1. The van der Waals surface area contributed by atoms with E-state index in [9.17, 15) is 4.79 Å². The van der Waals surface area contributed by atoms with Crippen LogP contribution in [0.5, 0.6) is 0 Å². The maximum absolute atomic E-state index is 12.5. The largest absolute Gasteiger partial charge is 0.326 e. The lowest BCUT2D eigenvalue weighted by atomic mass is 9.77. The molecule has 0 radical (unpaired) electrons. The quantitative estimate of drug-likeness (QED) is 0.874. The average molecular weight is 260 g/mol. The zero-order valence-corrected chi connectivity index (χ0v) is 12.0. The van der Waals surface area contributed by atoms with Gasteiger partial charge >= 0.3 is 0 Å². The SMILES string of the molecule is CCc1ccc(NC(=O)C2(CC)CCCNC2)cc1. The minimum absolute atomic E-state index is 0.159. The van der Waals surface area contributed by atoms with E-state index < -0.39 is 0 Å². The van der Waals surface area contributed by atoms with Crippen LogP contribution in [-0.4, -0.2) is 19.0 Å². The molecule has 0 aliphatic carbocycles. The Hall–Kier alpha value is -1.35. The molecule has 1 heterocycles. The second-order valence-corrected chi connectivity index (χ2v) is 5.42. The minimum atomic E-state index is -0.234. The molecule has 1 aromatic carbocycles. The predicted molar refractivity (Wildman–Crippen MR) is 79.3 cm³/mol. The highest BCUT2D eigenvalue weighted by Crippen LogP contribution is 2.31. The van der Waals surface area contributed by atoms with Crippen LogP contribution in [0, 0.1) is 5.41 Å². The van der Waals surface area contributed by atoms with Crippen molar-refractivity contribution in [2.24, 2.45) is 5.41 Å². The third kappa shape index (κ3) is 3.16. The summed E-state index contributed by atoms with van der Waals surface area (Å²) in [6, 6.07) is 8.15. The zero-order chi connectivity index (χ0) is 13.7. The van der Waals surface area contributed by atoms with Crippen LogP contribution in [0.3, 0.4) is 0 Å². The first-order valence-corrected chi connectivity index (χ1v) is 7.31. The van der Waals surface area contributed by atoms with Crippen LogP contribution in [0.2, 0.25) is 0 Å². The Kier molecular flexibility index (Phi) is 4.59. The highest BCUT2D eigenvalue weighted by Gasteiger charge is 2.37. The third-order valence-corrected chi connectivity index (χ3v) is 4.25. The Morgan fingerprint density at radius 1 is 1.32 bits per heavy atom. The summed E-state index contributed by atoms with van der Waals surface area (Å²) in [4.78, 5) is 12.5. The number of piperidine rings is 1. The zero-order valence-electron chi connectivity index (χ0n) is 12.0. The maximum Gasteiger partial charge on any atom is 0.231 e. The van der Waals surface area contributed by atoms with Crippen LogP contribution in [0.1, 0.15) is 38.7 Å². The van der Waals surface area contributed by atoms with E-state index >= 15 is 0 Å². The molecule has 2 rings (SSSR count). The van der Waals surface area contributed by atoms with Crippen molar-refractivity contribution in [3.05, 3.63) is 29.8 Å². The number of rotatable bonds is 4. The van der Waals surface area contributed by atoms with Gasteiger partial charge in [0.1, 0.15) is 0 Å². The summed E-state index contributed by atoms with van der Waals surface area (Å²) < 4.78 is 0. The number of amides is 1. The van der Waals surface area contributed by atoms with Gasteiger partial charge < -0.3 is 10.6 Å². The van der Waals surface area contributed by atoms with E-state index in [1.54, 1.807) is 0 Å². The van der Waals surface area contributed by atoms with E-state index in [1.165, 1.54) is 5.56 Å². The number of aryl methyl sites for hydroxylation is 1. The predicted octanol–water partition coefficient (Wildman–Crippen LogP) is 2.97. The van der Waals surface area contributed by atoms with E-state index in [0.29, 0.717) is 0 Å². The van der Waals surface area contributed by atoms with Gasteiger partial charge in [0.25, 0.3) is 0 Å². The number of hydrogen-bond donors (Lipinski definition) is 2. The third-order valence-electron chi connectivity index (χ3n) is 4.25. The van der Waals surface area contributed by atoms with E-state index in [2.05, 4.69) is 36.6 Å². The molecule has 1 saturated heterocycles. The van der Waals surface area contributed by atoms with Crippen molar-refractivity contribution in [1.82, 2.24) is 5.32 Å². The molecule has 1 aliphatic heterocycles. The van der Waals surface area contributed by atoms with Crippen molar-refractivity contribution in [3.63, 3.8) is 0 Å². The van der Waals surface area contributed by atoms with E-state index in [-0.39, 0.29) is 11.3 Å². The number of hydrogen-bond acceptors (Lipinski definition) is 2. The van der Waals surface area contributed by atoms with Crippen LogP contribution < -0.4 is 10.6 Å². The van der Waals surface area contributed by atoms with Gasteiger partial charge in [-0.2, -0.15) is 0 Å². The fourth-order valence-corrected chi connectivity index (χ4v) is 2.71. The van der Waals surface area contributed by atoms with Crippen molar-refractivity contribution in [1.29, 1.82) is 0 Å². The van der Waals surface area contributed by atoms with Crippen LogP contribution in [0.15, 0.2) is 24.3 Å². The Morgan fingerprint density at radius 2 is 2.05 bits per heavy atom. The molecule has 0 spiro atoms. The van der Waals surface area contributed by atoms with Gasteiger partial charge in [-0.3, -0.25) is 4.79 Å². The number of carbonyl (C=O) groups excluding carboxylic acids is 1. The molecule has 1 unspecified atom stereocenters. The summed E-state index contributed by atoms with van der Waals surface area (Å²) >= 11 is 0. The first-order valence-electron chi connectivity index (χ1n) is 7.31. The first kappa shape index (κ1) is 14.1. The molecule has 3 heteroatoms. The average Bonchev–Trinajstić information content (AvgIpc) is 2.48. The molecule has 104 valence electrons. The van der Waals surface area contributed by atoms with Crippen LogP contribution in [0.25, 0.3) is 0 Å². The summed E-state index contributed by atoms with van der Waals surface area (Å²) in [6.07, 6.45) is 3.97. The fraction of sp³-hybridized carbons (Fsp3) is 0.562. The van der Waals surface area contributed by atoms with Crippen molar-refractivity contribution in [3.8, 4) is 0 Å². The topological polar surface area (TPSA) is 41.1 Å². The molecular formula is C16H24N2O. The van der Waals surface area contributed by atoms with E-state index in [1.807, 2.05) is 12.1 Å². The minimum Gasteiger partial charge on any atom is -0.326 e. The molecule has 1 amide bonds. The maximum atomic E-state index is 12.5. The molecule has 2 N–H and O–H groups in total. The van der Waals surface area contributed by atoms with Crippen LogP contribution >= 0.6 is 0 Å². The number of nitrogens with one attached hydrogen (secondary N) is 2. The van der Waals surface area contributed by atoms with Crippen molar-refractivity contribution in [2.45, 2.75) is 39.5 Å². The highest BCUT2D eigenvalue weighted by molar-refractivity contribution is 5.95. The van der Waals surface area contributed by atoms with Gasteiger partial charge in [-0.25, -0.2) is 0 Å². The molecule has 3 nitrogen and oxygen atoms in total. The number of carbonyl (C=O) groups is 1. The summed E-state index contributed by atoms with van der Waals surface area (Å²) in [5.74, 6) is 0.159. The van der Waals surface area contributed by atoms with Crippen LogP contribution in [0.4, 0.5) is 5.69 Å². The summed E-state index contributed by atoms with van der Waals surface area (Å²) in [5, 5.41) is 6.43. The lowest BCUT2D eigenvalue weighted by Gasteiger charge is -2.35. The Labute approximate surface area is 115 Å². The molecule has 1 fully saturated rings. The van der Waals surface area contributed by atoms with Crippen molar-refractivity contribution < 1.29 is 4.79 Å². The van der Waals surface area contributed by atoms with E-state index in [0.717, 1.165) is 44.5 Å². The molecule has 1 aliphatic rings. The second kappa shape index (κ2) is 6.20. The first-order chi connectivity index (χ1) is 9.20. The Balaban J connectivity index is 2.05. The van der Waals surface area contributed by atoms with Gasteiger partial charge in [-0.1, -0.05) is 26.0 Å². The molecule has 0 saturated carbocycles. The molecule has 1 atom stereocenters. The molecule has 19 heavy (non-hydrogen) atoms. The van der Waals surface area contributed by atoms with Gasteiger partial charge in [0.05, 0.1) is 5.41 Å². The smallest absolute Gasteiger partial charge is 0.231 e. The summed E-state index contributed by atoms with van der Waals surface area (Å²) in [7, 11) is 0. The summed E-state index contributed by atoms with van der Waals surface area (Å²) in [5.41, 5.74) is 1.96. The van der Waals surface area contributed by atoms with Gasteiger partial charge in [-0.05, 0) is 49.9 Å². The van der Waals surface area contributed by atoms with Crippen molar-refractivity contribution >= 4 is 11.6 Å². The Bertz CT molecular complexity index is 419. The van der Waals surface area contributed by atoms with E-state index in [4.69, 9.17) is 0 Å². The van der Waals surface area contributed by atoms with Gasteiger partial charge in [0, 0.05) is 12.2 Å². The second-order valence-electron chi connectivity index (χ2n) is 5.42. The molecule has 0 aromatic heterocycles. The number of benzene rings is 1. The highest BCUT2D eigenvalue weighted by atomic mass is 16.2. The van der Waals surface area contributed by atoms with Crippen LogP contribution in [-0.2, 0) is 11.2 Å². The Morgan fingerprint density at radius 3 is 2.58 bits per heavy atom. The fourth-order valence-electron chi connectivity index (χ4n) is 2.71. The lowest BCUT2D eigenvalue weighted by Crippen LogP contribution is -2.47. The standard InChI is InChI=1S/C16H24N2O/c1-3-13-6-8-14(9-7-13)18-15(19)16(4-2)10-5-11-17-12-16/h6-9,17H,3-5,10-12H2,1-2H3,(H,18,19).